The molecule has 3 N–H and O–H groups in total. The first kappa shape index (κ1) is 22.5. The molecule has 0 saturated carbocycles. The van der Waals surface area contributed by atoms with Gasteiger partial charge in [-0.05, 0) is 36.2 Å². The molecular weight excluding hydrogens is 458 g/mol. The first-order chi connectivity index (χ1) is 17.7. The SMILES string of the molecule is C[C@@H]1COCCN1c1cc(-c2ccc(NC(=O)N3CCNCC3)cc2)c2cnn(-c3ccn[nH]3)c2n1. The highest BCUT2D eigenvalue weighted by molar-refractivity contribution is 5.96. The molecule has 11 nitrogen and oxygen atoms in total. The second-order valence-corrected chi connectivity index (χ2v) is 9.13. The maximum absolute atomic E-state index is 12.6. The minimum Gasteiger partial charge on any atom is -0.377 e. The molecule has 1 aromatic carbocycles. The average Bonchev–Trinajstić information content (AvgIpc) is 3.59. The molecule has 3 aromatic heterocycles. The van der Waals surface area contributed by atoms with Gasteiger partial charge in [-0.1, -0.05) is 12.1 Å². The van der Waals surface area contributed by atoms with Crippen LogP contribution in [0.2, 0.25) is 0 Å². The molecule has 2 aliphatic rings. The Morgan fingerprint density at radius 3 is 2.72 bits per heavy atom. The number of pyridine rings is 1. The Labute approximate surface area is 208 Å². The first-order valence-corrected chi connectivity index (χ1v) is 12.3. The van der Waals surface area contributed by atoms with Gasteiger partial charge in [-0.25, -0.2) is 9.78 Å². The number of hydrogen-bond donors (Lipinski definition) is 3. The van der Waals surface area contributed by atoms with E-state index in [1.165, 1.54) is 0 Å². The maximum Gasteiger partial charge on any atom is 0.321 e. The number of piperazine rings is 1. The van der Waals surface area contributed by atoms with E-state index >= 15 is 0 Å². The Kier molecular flexibility index (Phi) is 5.99. The Bertz CT molecular complexity index is 1340. The minimum atomic E-state index is -0.0695. The summed E-state index contributed by atoms with van der Waals surface area (Å²) >= 11 is 0. The van der Waals surface area contributed by atoms with Crippen LogP contribution in [0.5, 0.6) is 0 Å². The van der Waals surface area contributed by atoms with Gasteiger partial charge in [-0.2, -0.15) is 14.9 Å². The van der Waals surface area contributed by atoms with E-state index in [4.69, 9.17) is 9.72 Å². The van der Waals surface area contributed by atoms with Crippen molar-refractivity contribution in [2.45, 2.75) is 13.0 Å². The van der Waals surface area contributed by atoms with Gasteiger partial charge >= 0.3 is 6.03 Å². The molecule has 2 amide bonds. The summed E-state index contributed by atoms with van der Waals surface area (Å²) in [5.41, 5.74) is 3.57. The van der Waals surface area contributed by atoms with Crippen LogP contribution in [-0.4, -0.2) is 87.9 Å². The number of anilines is 2. The van der Waals surface area contributed by atoms with Crippen LogP contribution in [0.25, 0.3) is 28.0 Å². The molecule has 5 heterocycles. The van der Waals surface area contributed by atoms with Crippen LogP contribution in [0.3, 0.4) is 0 Å². The van der Waals surface area contributed by atoms with E-state index in [9.17, 15) is 4.79 Å². The van der Waals surface area contributed by atoms with Crippen molar-refractivity contribution in [1.29, 1.82) is 0 Å². The Balaban J connectivity index is 1.36. The molecule has 0 radical (unpaired) electrons. The molecule has 0 aliphatic carbocycles. The van der Waals surface area contributed by atoms with E-state index < -0.39 is 0 Å². The molecule has 36 heavy (non-hydrogen) atoms. The fourth-order valence-corrected chi connectivity index (χ4v) is 4.79. The van der Waals surface area contributed by atoms with Crippen molar-refractivity contribution in [3.8, 4) is 16.9 Å². The summed E-state index contributed by atoms with van der Waals surface area (Å²) < 4.78 is 7.43. The summed E-state index contributed by atoms with van der Waals surface area (Å²) in [6.07, 6.45) is 3.54. The van der Waals surface area contributed by atoms with Gasteiger partial charge in [0.05, 0.1) is 31.6 Å². The van der Waals surface area contributed by atoms with Gasteiger partial charge in [0, 0.05) is 49.9 Å². The van der Waals surface area contributed by atoms with Crippen LogP contribution in [0.4, 0.5) is 16.3 Å². The van der Waals surface area contributed by atoms with Gasteiger partial charge in [0.25, 0.3) is 0 Å². The number of fused-ring (bicyclic) bond motifs is 1. The zero-order valence-electron chi connectivity index (χ0n) is 20.1. The van der Waals surface area contributed by atoms with E-state index in [1.54, 1.807) is 10.9 Å². The smallest absolute Gasteiger partial charge is 0.321 e. The van der Waals surface area contributed by atoms with Gasteiger partial charge < -0.3 is 25.2 Å². The van der Waals surface area contributed by atoms with Crippen LogP contribution < -0.4 is 15.5 Å². The number of benzene rings is 1. The number of carbonyl (C=O) groups is 1. The number of H-pyrrole nitrogens is 1. The van der Waals surface area contributed by atoms with Crippen molar-refractivity contribution in [2.24, 2.45) is 0 Å². The molecule has 2 aliphatic heterocycles. The zero-order chi connectivity index (χ0) is 24.5. The largest absolute Gasteiger partial charge is 0.377 e. The van der Waals surface area contributed by atoms with Crippen molar-refractivity contribution in [3.63, 3.8) is 0 Å². The topological polar surface area (TPSA) is 116 Å². The summed E-state index contributed by atoms with van der Waals surface area (Å²) in [7, 11) is 0. The molecule has 0 bridgehead atoms. The second kappa shape index (κ2) is 9.59. The number of morpholine rings is 1. The molecule has 186 valence electrons. The summed E-state index contributed by atoms with van der Waals surface area (Å²) in [4.78, 5) is 21.7. The number of nitrogens with one attached hydrogen (secondary N) is 3. The minimum absolute atomic E-state index is 0.0695. The van der Waals surface area contributed by atoms with Crippen molar-refractivity contribution < 1.29 is 9.53 Å². The van der Waals surface area contributed by atoms with Crippen LogP contribution in [0.15, 0.2) is 48.8 Å². The predicted molar refractivity (Wildman–Crippen MR) is 138 cm³/mol. The van der Waals surface area contributed by atoms with Gasteiger partial charge in [0.15, 0.2) is 11.5 Å². The third-order valence-corrected chi connectivity index (χ3v) is 6.76. The fraction of sp³-hybridized carbons (Fsp3) is 0.360. The lowest BCUT2D eigenvalue weighted by Gasteiger charge is -2.34. The maximum atomic E-state index is 12.6. The molecule has 0 spiro atoms. The third-order valence-electron chi connectivity index (χ3n) is 6.76. The van der Waals surface area contributed by atoms with Crippen LogP contribution >= 0.6 is 0 Å². The molecular formula is C25H29N9O2. The first-order valence-electron chi connectivity index (χ1n) is 12.3. The second-order valence-electron chi connectivity index (χ2n) is 9.13. The number of carbonyl (C=O) groups excluding carboxylic acids is 1. The third kappa shape index (κ3) is 4.27. The molecule has 6 rings (SSSR count). The van der Waals surface area contributed by atoms with Crippen LogP contribution in [0.1, 0.15) is 6.92 Å². The summed E-state index contributed by atoms with van der Waals surface area (Å²) in [5, 5.41) is 18.9. The van der Waals surface area contributed by atoms with Crippen LogP contribution in [-0.2, 0) is 4.74 Å². The van der Waals surface area contributed by atoms with E-state index in [0.29, 0.717) is 26.3 Å². The molecule has 2 fully saturated rings. The highest BCUT2D eigenvalue weighted by Crippen LogP contribution is 2.33. The summed E-state index contributed by atoms with van der Waals surface area (Å²) in [5.74, 6) is 1.63. The number of nitrogens with zero attached hydrogens (tertiary/aromatic N) is 6. The summed E-state index contributed by atoms with van der Waals surface area (Å²) in [6, 6.07) is 12.1. The normalized spacial score (nSPS) is 18.5. The Morgan fingerprint density at radius 2 is 1.97 bits per heavy atom. The number of rotatable bonds is 4. The molecule has 4 aromatic rings. The quantitative estimate of drug-likeness (QED) is 0.405. The van der Waals surface area contributed by atoms with Crippen molar-refractivity contribution in [3.05, 3.63) is 48.8 Å². The van der Waals surface area contributed by atoms with Gasteiger partial charge in [0.1, 0.15) is 5.82 Å². The molecule has 0 unspecified atom stereocenters. The Morgan fingerprint density at radius 1 is 1.14 bits per heavy atom. The number of aromatic nitrogens is 5. The lowest BCUT2D eigenvalue weighted by Crippen LogP contribution is -2.48. The molecule has 1 atom stereocenters. The summed E-state index contributed by atoms with van der Waals surface area (Å²) in [6.45, 7) is 7.31. The number of aromatic amines is 1. The molecule has 11 heteroatoms. The highest BCUT2D eigenvalue weighted by atomic mass is 16.5. The van der Waals surface area contributed by atoms with Crippen molar-refractivity contribution in [1.82, 2.24) is 35.2 Å². The fourth-order valence-electron chi connectivity index (χ4n) is 4.79. The number of amides is 2. The van der Waals surface area contributed by atoms with E-state index in [-0.39, 0.29) is 12.1 Å². The number of hydrogen-bond acceptors (Lipinski definition) is 7. The van der Waals surface area contributed by atoms with Gasteiger partial charge in [-0.3, -0.25) is 5.10 Å². The average molecular weight is 488 g/mol. The van der Waals surface area contributed by atoms with Crippen molar-refractivity contribution >= 4 is 28.6 Å². The van der Waals surface area contributed by atoms with E-state index in [1.807, 2.05) is 41.4 Å². The zero-order valence-corrected chi connectivity index (χ0v) is 20.1. The lowest BCUT2D eigenvalue weighted by atomic mass is 10.0. The highest BCUT2D eigenvalue weighted by Gasteiger charge is 2.23. The predicted octanol–water partition coefficient (Wildman–Crippen LogP) is 2.47. The van der Waals surface area contributed by atoms with Gasteiger partial charge in [0.2, 0.25) is 0 Å². The van der Waals surface area contributed by atoms with Crippen molar-refractivity contribution in [2.75, 3.05) is 56.2 Å². The Hall–Kier alpha value is -3.96. The van der Waals surface area contributed by atoms with E-state index in [2.05, 4.69) is 43.8 Å². The monoisotopic (exact) mass is 487 g/mol. The number of urea groups is 1. The van der Waals surface area contributed by atoms with Crippen LogP contribution in [0, 0.1) is 0 Å². The van der Waals surface area contributed by atoms with Gasteiger partial charge in [-0.15, -0.1) is 0 Å². The molecule has 2 saturated heterocycles. The standard InChI is InChI=1S/C25H29N9O2/c1-17-16-36-13-12-33(17)23-14-20(21-15-28-34(24(21)30-23)22-6-7-27-31-22)18-2-4-19(5-3-18)29-25(35)32-10-8-26-9-11-32/h2-7,14-15,17,26H,8-13,16H2,1H3,(H,27,31)(H,29,35)/t17-/m1/s1. The lowest BCUT2D eigenvalue weighted by molar-refractivity contribution is 0.0985. The number of ether oxygens (including phenoxy) is 1. The van der Waals surface area contributed by atoms with E-state index in [0.717, 1.165) is 59.1 Å².